The lowest BCUT2D eigenvalue weighted by Crippen LogP contribution is -2.04. The molecule has 56 valence electrons. The molecule has 0 aliphatic heterocycles. The molecule has 0 saturated heterocycles. The van der Waals surface area contributed by atoms with Crippen LogP contribution in [0.3, 0.4) is 0 Å². The summed E-state index contributed by atoms with van der Waals surface area (Å²) in [6.07, 6.45) is 0. The average Bonchev–Trinajstić information content (AvgIpc) is 2.31. The first-order valence-corrected chi connectivity index (χ1v) is 3.79. The molecule has 5 heteroatoms. The van der Waals surface area contributed by atoms with Gasteiger partial charge in [-0.2, -0.15) is 0 Å². The van der Waals surface area contributed by atoms with Crippen molar-refractivity contribution in [3.05, 3.63) is 5.01 Å². The molecule has 1 heterocycles. The number of hydrogen-bond acceptors (Lipinski definition) is 5. The smallest absolute Gasteiger partial charge is 0.205 e. The zero-order chi connectivity index (χ0) is 7.40. The Morgan fingerprint density at radius 1 is 1.60 bits per heavy atom. The molecule has 0 amide bonds. The fourth-order valence-corrected chi connectivity index (χ4v) is 1.15. The second-order valence-corrected chi connectivity index (χ2v) is 2.96. The standard InChI is InChI=1S/C5H9N3OS/c1-4-7-8-5(10-4)6-2-3-9/h9H,2-3H2,1H3,(H,6,8). The highest BCUT2D eigenvalue weighted by Gasteiger charge is 1.96. The Labute approximate surface area is 62.9 Å². The summed E-state index contributed by atoms with van der Waals surface area (Å²) in [4.78, 5) is 0. The van der Waals surface area contributed by atoms with E-state index >= 15 is 0 Å². The normalized spacial score (nSPS) is 9.80. The summed E-state index contributed by atoms with van der Waals surface area (Å²) in [7, 11) is 0. The van der Waals surface area contributed by atoms with Crippen LogP contribution in [0.5, 0.6) is 0 Å². The third kappa shape index (κ3) is 1.93. The average molecular weight is 159 g/mol. The highest BCUT2D eigenvalue weighted by atomic mass is 32.1. The molecule has 0 fully saturated rings. The Balaban J connectivity index is 2.42. The van der Waals surface area contributed by atoms with Gasteiger partial charge in [0.05, 0.1) is 6.61 Å². The molecule has 10 heavy (non-hydrogen) atoms. The van der Waals surface area contributed by atoms with Gasteiger partial charge in [-0.3, -0.25) is 0 Å². The van der Waals surface area contributed by atoms with E-state index in [1.807, 2.05) is 6.92 Å². The van der Waals surface area contributed by atoms with Crippen molar-refractivity contribution < 1.29 is 5.11 Å². The second kappa shape index (κ2) is 3.48. The Kier molecular flexibility index (Phi) is 2.58. The van der Waals surface area contributed by atoms with Gasteiger partial charge in [0, 0.05) is 6.54 Å². The highest BCUT2D eigenvalue weighted by molar-refractivity contribution is 7.15. The summed E-state index contributed by atoms with van der Waals surface area (Å²) in [5.41, 5.74) is 0. The summed E-state index contributed by atoms with van der Waals surface area (Å²) in [5, 5.41) is 20.6. The number of aryl methyl sites for hydroxylation is 1. The van der Waals surface area contributed by atoms with Crippen LogP contribution >= 0.6 is 11.3 Å². The van der Waals surface area contributed by atoms with Crippen molar-refractivity contribution in [1.82, 2.24) is 10.2 Å². The van der Waals surface area contributed by atoms with Crippen molar-refractivity contribution in [3.8, 4) is 0 Å². The molecule has 0 spiro atoms. The number of nitrogens with one attached hydrogen (secondary N) is 1. The van der Waals surface area contributed by atoms with Crippen LogP contribution < -0.4 is 5.32 Å². The third-order valence-electron chi connectivity index (χ3n) is 0.914. The molecule has 0 aromatic carbocycles. The first-order valence-electron chi connectivity index (χ1n) is 2.98. The molecule has 0 radical (unpaired) electrons. The minimum Gasteiger partial charge on any atom is -0.395 e. The van der Waals surface area contributed by atoms with Crippen molar-refractivity contribution >= 4 is 16.5 Å². The van der Waals surface area contributed by atoms with Crippen molar-refractivity contribution in [3.63, 3.8) is 0 Å². The van der Waals surface area contributed by atoms with Crippen LogP contribution in [0.15, 0.2) is 0 Å². The predicted octanol–water partition coefficient (Wildman–Crippen LogP) is 0.251. The van der Waals surface area contributed by atoms with Crippen LogP contribution in [0.2, 0.25) is 0 Å². The number of hydrogen-bond donors (Lipinski definition) is 2. The van der Waals surface area contributed by atoms with Gasteiger partial charge in [-0.15, -0.1) is 10.2 Å². The van der Waals surface area contributed by atoms with E-state index < -0.39 is 0 Å². The van der Waals surface area contributed by atoms with Crippen LogP contribution in [0, 0.1) is 6.92 Å². The summed E-state index contributed by atoms with van der Waals surface area (Å²) in [5.74, 6) is 0. The van der Waals surface area contributed by atoms with Gasteiger partial charge < -0.3 is 10.4 Å². The van der Waals surface area contributed by atoms with Crippen molar-refractivity contribution in [2.75, 3.05) is 18.5 Å². The predicted molar refractivity (Wildman–Crippen MR) is 40.2 cm³/mol. The lowest BCUT2D eigenvalue weighted by Gasteiger charge is -1.94. The van der Waals surface area contributed by atoms with E-state index in [9.17, 15) is 0 Å². The molecule has 1 aromatic rings. The van der Waals surface area contributed by atoms with E-state index in [4.69, 9.17) is 5.11 Å². The van der Waals surface area contributed by atoms with Crippen LogP contribution in [0.25, 0.3) is 0 Å². The van der Waals surface area contributed by atoms with Gasteiger partial charge in [0.2, 0.25) is 5.13 Å². The van der Waals surface area contributed by atoms with Crippen LogP contribution in [0.1, 0.15) is 5.01 Å². The largest absolute Gasteiger partial charge is 0.395 e. The number of nitrogens with zero attached hydrogens (tertiary/aromatic N) is 2. The third-order valence-corrected chi connectivity index (χ3v) is 1.71. The molecule has 1 aromatic heterocycles. The number of anilines is 1. The zero-order valence-electron chi connectivity index (χ0n) is 5.66. The van der Waals surface area contributed by atoms with Gasteiger partial charge in [-0.1, -0.05) is 11.3 Å². The first kappa shape index (κ1) is 7.43. The minimum absolute atomic E-state index is 0.124. The summed E-state index contributed by atoms with van der Waals surface area (Å²) in [6, 6.07) is 0. The Morgan fingerprint density at radius 3 is 2.90 bits per heavy atom. The van der Waals surface area contributed by atoms with Crippen LogP contribution in [-0.2, 0) is 0 Å². The van der Waals surface area contributed by atoms with E-state index in [2.05, 4.69) is 15.5 Å². The highest BCUT2D eigenvalue weighted by Crippen LogP contribution is 2.12. The number of aliphatic hydroxyl groups is 1. The molecule has 4 nitrogen and oxygen atoms in total. The molecule has 2 N–H and O–H groups in total. The van der Waals surface area contributed by atoms with E-state index in [1.165, 1.54) is 11.3 Å². The molecule has 0 bridgehead atoms. The van der Waals surface area contributed by atoms with E-state index in [0.29, 0.717) is 6.54 Å². The molecular formula is C5H9N3OS. The van der Waals surface area contributed by atoms with Crippen molar-refractivity contribution in [2.24, 2.45) is 0 Å². The Morgan fingerprint density at radius 2 is 2.40 bits per heavy atom. The molecular weight excluding hydrogens is 150 g/mol. The van der Waals surface area contributed by atoms with Gasteiger partial charge >= 0.3 is 0 Å². The zero-order valence-corrected chi connectivity index (χ0v) is 6.48. The topological polar surface area (TPSA) is 58.0 Å². The second-order valence-electron chi connectivity index (χ2n) is 1.78. The van der Waals surface area contributed by atoms with E-state index in [0.717, 1.165) is 10.1 Å². The lowest BCUT2D eigenvalue weighted by atomic mass is 10.7. The number of rotatable bonds is 3. The van der Waals surface area contributed by atoms with Gasteiger partial charge in [0.25, 0.3) is 0 Å². The van der Waals surface area contributed by atoms with Gasteiger partial charge in [-0.25, -0.2) is 0 Å². The minimum atomic E-state index is 0.124. The summed E-state index contributed by atoms with van der Waals surface area (Å²) in [6.45, 7) is 2.55. The van der Waals surface area contributed by atoms with Crippen molar-refractivity contribution in [1.29, 1.82) is 0 Å². The maximum atomic E-state index is 8.43. The maximum absolute atomic E-state index is 8.43. The molecule has 0 saturated carbocycles. The quantitative estimate of drug-likeness (QED) is 0.663. The molecule has 0 atom stereocenters. The maximum Gasteiger partial charge on any atom is 0.205 e. The molecule has 0 unspecified atom stereocenters. The monoisotopic (exact) mass is 159 g/mol. The SMILES string of the molecule is Cc1nnc(NCCO)s1. The Bertz CT molecular complexity index is 201. The number of aliphatic hydroxyl groups excluding tert-OH is 1. The van der Waals surface area contributed by atoms with Crippen molar-refractivity contribution in [2.45, 2.75) is 6.92 Å². The first-order chi connectivity index (χ1) is 4.83. The van der Waals surface area contributed by atoms with E-state index in [-0.39, 0.29) is 6.61 Å². The fraction of sp³-hybridized carbons (Fsp3) is 0.600. The Hall–Kier alpha value is -0.680. The van der Waals surface area contributed by atoms with Crippen LogP contribution in [-0.4, -0.2) is 28.5 Å². The molecule has 0 aliphatic carbocycles. The molecule has 0 aliphatic rings. The van der Waals surface area contributed by atoms with Gasteiger partial charge in [-0.05, 0) is 6.92 Å². The lowest BCUT2D eigenvalue weighted by molar-refractivity contribution is 0.311. The summed E-state index contributed by atoms with van der Waals surface area (Å²) < 4.78 is 0. The van der Waals surface area contributed by atoms with Gasteiger partial charge in [0.15, 0.2) is 0 Å². The number of aromatic nitrogens is 2. The summed E-state index contributed by atoms with van der Waals surface area (Å²) >= 11 is 1.48. The fourth-order valence-electron chi connectivity index (χ4n) is 0.531. The van der Waals surface area contributed by atoms with Gasteiger partial charge in [0.1, 0.15) is 5.01 Å². The van der Waals surface area contributed by atoms with Crippen LogP contribution in [0.4, 0.5) is 5.13 Å². The van der Waals surface area contributed by atoms with E-state index in [1.54, 1.807) is 0 Å². The molecule has 1 rings (SSSR count).